The minimum atomic E-state index is -1.01. The Morgan fingerprint density at radius 3 is 1.69 bits per heavy atom. The van der Waals surface area contributed by atoms with Gasteiger partial charge in [-0.3, -0.25) is 37.4 Å². The maximum absolute atomic E-state index is 13.1. The van der Waals surface area contributed by atoms with Gasteiger partial charge in [0.15, 0.2) is 29.0 Å². The van der Waals surface area contributed by atoms with Gasteiger partial charge in [-0.05, 0) is 72.5 Å². The Morgan fingerprint density at radius 2 is 1.26 bits per heavy atom. The molecule has 0 amide bonds. The van der Waals surface area contributed by atoms with Gasteiger partial charge in [-0.25, -0.2) is 34.1 Å². The van der Waals surface area contributed by atoms with Gasteiger partial charge < -0.3 is 25.4 Å². The molecular weight excluding hydrogens is 940 g/mol. The monoisotopic (exact) mass is 983 g/mol. The van der Waals surface area contributed by atoms with Crippen molar-refractivity contribution < 1.29 is 46.3 Å². The zero-order valence-corrected chi connectivity index (χ0v) is 38.6. The maximum atomic E-state index is 13.1. The minimum Gasteiger partial charge on any atom is -0.493 e. The van der Waals surface area contributed by atoms with Crippen LogP contribution in [0.5, 0.6) is 11.8 Å². The molecule has 6 rings (SSSR count). The Balaban J connectivity index is 0.000000296. The van der Waals surface area contributed by atoms with Crippen LogP contribution in [0.2, 0.25) is 0 Å². The van der Waals surface area contributed by atoms with Crippen LogP contribution in [-0.2, 0) is 60.3 Å². The van der Waals surface area contributed by atoms with Crippen LogP contribution in [0.4, 0.5) is 28.7 Å². The van der Waals surface area contributed by atoms with Crippen LogP contribution < -0.4 is 28.2 Å². The number of carbonyl (C=O) groups excluding carboxylic acids is 2. The van der Waals surface area contributed by atoms with E-state index < -0.39 is 81.7 Å². The van der Waals surface area contributed by atoms with Gasteiger partial charge in [-0.2, -0.15) is 20.1 Å². The molecule has 0 bridgehead atoms. The van der Waals surface area contributed by atoms with Crippen molar-refractivity contribution in [3.8, 4) is 29.5 Å². The molecule has 27 heteroatoms. The zero-order valence-electron chi connectivity index (χ0n) is 37.6. The first kappa shape index (κ1) is 53.5. The summed E-state index contributed by atoms with van der Waals surface area (Å²) in [5.41, 5.74) is -0.535. The van der Waals surface area contributed by atoms with Crippen LogP contribution in [0.1, 0.15) is 47.1 Å². The topological polar surface area (TPSA) is 334 Å². The van der Waals surface area contributed by atoms with Crippen molar-refractivity contribution in [2.75, 3.05) is 20.0 Å². The minimum absolute atomic E-state index is 0. The van der Waals surface area contributed by atoms with E-state index in [1.54, 1.807) is 78.1 Å². The Morgan fingerprint density at radius 1 is 0.794 bits per heavy atom. The first-order chi connectivity index (χ1) is 31.6. The number of pyridine rings is 2. The first-order valence-corrected chi connectivity index (χ1v) is 19.3. The quantitative estimate of drug-likeness (QED) is 0.0616. The Hall–Kier alpha value is -8.81. The predicted molar refractivity (Wildman–Crippen MR) is 239 cm³/mol. The van der Waals surface area contributed by atoms with Gasteiger partial charge in [-0.1, -0.05) is 12.1 Å². The van der Waals surface area contributed by atoms with Crippen molar-refractivity contribution in [3.05, 3.63) is 120 Å². The fourth-order valence-electron chi connectivity index (χ4n) is 5.70. The number of esters is 2. The Labute approximate surface area is 395 Å². The first-order valence-electron chi connectivity index (χ1n) is 19.3. The van der Waals surface area contributed by atoms with E-state index in [2.05, 4.69) is 56.4 Å². The molecular formula is C41H44CuN16O10. The molecule has 0 spiro atoms. The fraction of sp³-hybridized carbons (Fsp3) is 0.293. The van der Waals surface area contributed by atoms with Crippen LogP contribution in [0, 0.1) is 17.9 Å². The number of aromatic nitrogens is 10. The van der Waals surface area contributed by atoms with Gasteiger partial charge >= 0.3 is 23.3 Å². The molecule has 0 aliphatic rings. The second-order valence-electron chi connectivity index (χ2n) is 15.4. The maximum Gasteiger partial charge on any atom is 0.334 e. The summed E-state index contributed by atoms with van der Waals surface area (Å²) in [6.45, 7) is 19.3. The number of azo groups is 1. The number of carbonyl (C=O) groups is 2. The SMILES string of the molecule is C=Nc1c(C#N)cnn1-c1ccccn1.COC(=O)Cn1c(O)c(N)c(=O)n(C(C)(C)C)c1=O.[C-]#[N+]c1cnn(-c2ccccn2)c1N=Nc1c(O)n(CC(=O)OC)c(=O)n(C(C)(C)C)c1=O.[Cu]. The molecule has 0 saturated heterocycles. The number of rotatable bonds is 9. The van der Waals surface area contributed by atoms with Crippen LogP contribution in [0.25, 0.3) is 16.5 Å². The summed E-state index contributed by atoms with van der Waals surface area (Å²) in [6.07, 6.45) is 5.86. The van der Waals surface area contributed by atoms with Crippen LogP contribution >= 0.6 is 0 Å². The predicted octanol–water partition coefficient (Wildman–Crippen LogP) is 2.88. The molecule has 26 nitrogen and oxygen atoms in total. The number of nitrogens with two attached hydrogens (primary N) is 1. The molecule has 6 aromatic heterocycles. The van der Waals surface area contributed by atoms with Gasteiger partial charge in [0.2, 0.25) is 17.4 Å². The van der Waals surface area contributed by atoms with Crippen molar-refractivity contribution in [1.82, 2.24) is 47.8 Å². The van der Waals surface area contributed by atoms with Gasteiger partial charge in [0.25, 0.3) is 16.8 Å². The Bertz CT molecular complexity index is 3180. The third-order valence-corrected chi connectivity index (χ3v) is 8.86. The summed E-state index contributed by atoms with van der Waals surface area (Å²) < 4.78 is 14.8. The average Bonchev–Trinajstić information content (AvgIpc) is 3.92. The third kappa shape index (κ3) is 11.7. The number of aromatic hydroxyl groups is 2. The number of anilines is 1. The van der Waals surface area contributed by atoms with Crippen molar-refractivity contribution in [2.45, 2.75) is 65.7 Å². The summed E-state index contributed by atoms with van der Waals surface area (Å²) in [6, 6.07) is 12.4. The van der Waals surface area contributed by atoms with Gasteiger partial charge in [-0.15, -0.1) is 10.2 Å². The summed E-state index contributed by atoms with van der Waals surface area (Å²) in [4.78, 5) is 88.4. The molecule has 0 saturated carbocycles. The molecule has 6 aromatic rings. The molecule has 0 unspecified atom stereocenters. The average molecular weight is 984 g/mol. The van der Waals surface area contributed by atoms with Gasteiger partial charge in [0.05, 0.1) is 33.2 Å². The third-order valence-electron chi connectivity index (χ3n) is 8.86. The van der Waals surface area contributed by atoms with Crippen LogP contribution in [0.15, 0.2) is 95.6 Å². The van der Waals surface area contributed by atoms with E-state index in [0.29, 0.717) is 32.2 Å². The number of hydrogen-bond acceptors (Lipinski definition) is 19. The van der Waals surface area contributed by atoms with Crippen LogP contribution in [-0.4, -0.2) is 90.9 Å². The molecule has 359 valence electrons. The number of methoxy groups -OCH3 is 2. The van der Waals surface area contributed by atoms with Gasteiger partial charge in [0.1, 0.15) is 24.7 Å². The second-order valence-corrected chi connectivity index (χ2v) is 15.4. The molecule has 0 atom stereocenters. The van der Waals surface area contributed by atoms with E-state index in [4.69, 9.17) is 17.6 Å². The summed E-state index contributed by atoms with van der Waals surface area (Å²) in [5, 5.41) is 45.0. The van der Waals surface area contributed by atoms with E-state index in [0.717, 1.165) is 23.4 Å². The molecule has 4 N–H and O–H groups in total. The molecule has 0 fully saturated rings. The Kier molecular flexibility index (Phi) is 17.6. The summed E-state index contributed by atoms with van der Waals surface area (Å²) in [5.74, 6) is -1.84. The number of ether oxygens (including phenoxy) is 2. The number of nitrogens with zero attached hydrogens (tertiary/aromatic N) is 15. The van der Waals surface area contributed by atoms with Crippen molar-refractivity contribution in [1.29, 1.82) is 5.26 Å². The molecule has 68 heavy (non-hydrogen) atoms. The summed E-state index contributed by atoms with van der Waals surface area (Å²) >= 11 is 0. The molecule has 0 aliphatic carbocycles. The molecule has 0 aliphatic heterocycles. The van der Waals surface area contributed by atoms with E-state index in [1.807, 2.05) is 12.1 Å². The largest absolute Gasteiger partial charge is 0.493 e. The standard InChI is InChI=1S/C20H20N8O5.C11H17N3O5.C10H7N5.Cu/c1-20(2,3)27-18(31)15(17(30)26(19(27)32)11-14(29)33-5)24-25-16-12(21-4)10-23-28(16)13-8-6-7-9-22-13;1-11(2,3)14-9(17)7(12)8(16)13(10(14)18)5-6(15)19-4;1-12-10-8(6-11)7-14-15(10)9-4-2-3-5-13-9;/h6-10,30H,11H2,1-3,5H3;16H,5,12H2,1-4H3;2-5,7H,1H2;. The van der Waals surface area contributed by atoms with E-state index in [9.17, 15) is 39.0 Å². The van der Waals surface area contributed by atoms with Crippen molar-refractivity contribution in [2.24, 2.45) is 15.2 Å². The smallest absolute Gasteiger partial charge is 0.334 e. The van der Waals surface area contributed by atoms with E-state index >= 15 is 0 Å². The number of nitrogen functional groups attached to an aromatic ring is 1. The molecule has 6 heterocycles. The molecule has 1 radical (unpaired) electrons. The number of nitriles is 1. The fourth-order valence-corrected chi connectivity index (χ4v) is 5.70. The van der Waals surface area contributed by atoms with Crippen LogP contribution in [0.3, 0.4) is 0 Å². The summed E-state index contributed by atoms with van der Waals surface area (Å²) in [7, 11) is 2.27. The van der Waals surface area contributed by atoms with Gasteiger partial charge in [0, 0.05) is 40.5 Å². The van der Waals surface area contributed by atoms with E-state index in [1.165, 1.54) is 28.0 Å². The second kappa shape index (κ2) is 22.4. The van der Waals surface area contributed by atoms with Crippen molar-refractivity contribution >= 4 is 47.4 Å². The molecule has 0 aromatic carbocycles. The van der Waals surface area contributed by atoms with Crippen molar-refractivity contribution in [3.63, 3.8) is 0 Å². The number of aliphatic imine (C=N–C) groups is 1. The zero-order chi connectivity index (χ0) is 50.0. The van der Waals surface area contributed by atoms with E-state index in [-0.39, 0.29) is 28.6 Å². The number of hydrogen-bond donors (Lipinski definition) is 3. The normalized spacial score (nSPS) is 10.9.